The van der Waals surface area contributed by atoms with Crippen LogP contribution in [0.1, 0.15) is 47.5 Å². The molecule has 2 heterocycles. The van der Waals surface area contributed by atoms with Gasteiger partial charge in [-0.15, -0.1) is 5.10 Å². The summed E-state index contributed by atoms with van der Waals surface area (Å²) in [6.07, 6.45) is 0. The van der Waals surface area contributed by atoms with Gasteiger partial charge < -0.3 is 14.5 Å². The van der Waals surface area contributed by atoms with Crippen molar-refractivity contribution in [3.05, 3.63) is 47.2 Å². The molecule has 0 unspecified atom stereocenters. The fourth-order valence-corrected chi connectivity index (χ4v) is 2.22. The number of aryl methyl sites for hydroxylation is 1. The van der Waals surface area contributed by atoms with Crippen LogP contribution in [-0.4, -0.2) is 29.3 Å². The molecule has 2 N–H and O–H groups in total. The van der Waals surface area contributed by atoms with Crippen LogP contribution in [0, 0.1) is 6.92 Å². The van der Waals surface area contributed by atoms with Crippen LogP contribution in [0.4, 0.5) is 5.69 Å². The van der Waals surface area contributed by atoms with Gasteiger partial charge in [-0.3, -0.25) is 9.59 Å². The summed E-state index contributed by atoms with van der Waals surface area (Å²) >= 11 is 0. The molecular formula is C17H18N4O4. The number of hydrogen-bond acceptors (Lipinski definition) is 6. The molecule has 1 aromatic heterocycles. The number of carbonyl (C=O) groups excluding carboxylic acids is 2. The Labute approximate surface area is 144 Å². The van der Waals surface area contributed by atoms with Gasteiger partial charge in [0.1, 0.15) is 0 Å². The topological polar surface area (TPSA) is 106 Å². The number of nitrogens with zero attached hydrogens (tertiary/aromatic N) is 2. The van der Waals surface area contributed by atoms with Gasteiger partial charge in [-0.1, -0.05) is 13.8 Å². The van der Waals surface area contributed by atoms with E-state index in [1.165, 1.54) is 0 Å². The number of rotatable bonds is 4. The number of anilines is 1. The first-order valence-electron chi connectivity index (χ1n) is 7.82. The molecule has 0 bridgehead atoms. The molecule has 25 heavy (non-hydrogen) atoms. The number of benzene rings is 1. The number of aromatic nitrogens is 1. The summed E-state index contributed by atoms with van der Waals surface area (Å²) in [6, 6.07) is 6.90. The van der Waals surface area contributed by atoms with E-state index in [0.29, 0.717) is 28.7 Å². The number of carbonyl (C=O) groups is 2. The van der Waals surface area contributed by atoms with Gasteiger partial charge in [-0.05, 0) is 31.2 Å². The van der Waals surface area contributed by atoms with E-state index in [0.717, 1.165) is 0 Å². The molecule has 2 amide bonds. The number of nitrogens with one attached hydrogen (secondary N) is 2. The van der Waals surface area contributed by atoms with E-state index in [-0.39, 0.29) is 30.1 Å². The lowest BCUT2D eigenvalue weighted by Gasteiger charge is -2.13. The van der Waals surface area contributed by atoms with Crippen molar-refractivity contribution in [2.75, 3.05) is 11.9 Å². The lowest BCUT2D eigenvalue weighted by Crippen LogP contribution is -2.32. The van der Waals surface area contributed by atoms with Crippen molar-refractivity contribution < 1.29 is 18.7 Å². The minimum atomic E-state index is -0.358. The summed E-state index contributed by atoms with van der Waals surface area (Å²) in [7, 11) is 0. The Morgan fingerprint density at radius 2 is 2.00 bits per heavy atom. The molecule has 1 aliphatic rings. The molecule has 8 nitrogen and oxygen atoms in total. The zero-order valence-corrected chi connectivity index (χ0v) is 14.1. The highest BCUT2D eigenvalue weighted by Gasteiger charge is 2.19. The van der Waals surface area contributed by atoms with E-state index in [1.807, 2.05) is 13.8 Å². The van der Waals surface area contributed by atoms with Gasteiger partial charge in [0, 0.05) is 17.2 Å². The molecule has 0 radical (unpaired) electrons. The Bertz CT molecular complexity index is 837. The van der Waals surface area contributed by atoms with E-state index < -0.39 is 0 Å². The second-order valence-corrected chi connectivity index (χ2v) is 5.89. The maximum Gasteiger partial charge on any atom is 0.293 e. The number of amides is 2. The molecule has 1 aliphatic heterocycles. The third-order valence-corrected chi connectivity index (χ3v) is 3.53. The highest BCUT2D eigenvalue weighted by atomic mass is 16.5. The zero-order valence-electron chi connectivity index (χ0n) is 14.1. The SMILES string of the molecule is Cc1nc(C(C)C)oc1C(=O)Nc1ccc(C2=NNC(=O)CO2)cc1. The second kappa shape index (κ2) is 6.76. The first kappa shape index (κ1) is 16.7. The van der Waals surface area contributed by atoms with Crippen molar-refractivity contribution >= 4 is 23.4 Å². The third-order valence-electron chi connectivity index (χ3n) is 3.53. The van der Waals surface area contributed by atoms with Crippen molar-refractivity contribution in [1.82, 2.24) is 10.4 Å². The van der Waals surface area contributed by atoms with Crippen molar-refractivity contribution in [3.8, 4) is 0 Å². The Morgan fingerprint density at radius 1 is 1.28 bits per heavy atom. The molecule has 3 rings (SSSR count). The Hall–Kier alpha value is -3.16. The van der Waals surface area contributed by atoms with E-state index in [2.05, 4.69) is 20.8 Å². The largest absolute Gasteiger partial charge is 0.466 e. The average Bonchev–Trinajstić information content (AvgIpc) is 2.99. The molecule has 0 fully saturated rings. The van der Waals surface area contributed by atoms with Crippen molar-refractivity contribution in [1.29, 1.82) is 0 Å². The standard InChI is InChI=1S/C17H18N4O4/c1-9(2)16-18-10(3)14(25-16)15(23)19-12-6-4-11(5-7-12)17-21-20-13(22)8-24-17/h4-7,9H,8H2,1-3H3,(H,19,23)(H,20,22). The van der Waals surface area contributed by atoms with E-state index in [9.17, 15) is 9.59 Å². The van der Waals surface area contributed by atoms with Crippen molar-refractivity contribution in [2.45, 2.75) is 26.7 Å². The minimum absolute atomic E-state index is 0.0692. The molecule has 0 saturated heterocycles. The number of ether oxygens (including phenoxy) is 1. The van der Waals surface area contributed by atoms with Crippen molar-refractivity contribution in [3.63, 3.8) is 0 Å². The van der Waals surface area contributed by atoms with Crippen molar-refractivity contribution in [2.24, 2.45) is 5.10 Å². The molecule has 0 spiro atoms. The number of hydrazone groups is 1. The van der Waals surface area contributed by atoms with Crippen LogP contribution in [-0.2, 0) is 9.53 Å². The minimum Gasteiger partial charge on any atom is -0.466 e. The molecular weight excluding hydrogens is 324 g/mol. The molecule has 0 aliphatic carbocycles. The van der Waals surface area contributed by atoms with Crippen LogP contribution < -0.4 is 10.7 Å². The van der Waals surface area contributed by atoms with E-state index in [4.69, 9.17) is 9.15 Å². The van der Waals surface area contributed by atoms with Crippen LogP contribution in [0.15, 0.2) is 33.8 Å². The maximum absolute atomic E-state index is 12.4. The maximum atomic E-state index is 12.4. The summed E-state index contributed by atoms with van der Waals surface area (Å²) in [5.74, 6) is 0.517. The van der Waals surface area contributed by atoms with Crippen LogP contribution in [0.2, 0.25) is 0 Å². The van der Waals surface area contributed by atoms with Gasteiger partial charge in [0.25, 0.3) is 11.8 Å². The third kappa shape index (κ3) is 3.68. The highest BCUT2D eigenvalue weighted by molar-refractivity contribution is 6.03. The molecule has 0 saturated carbocycles. The fourth-order valence-electron chi connectivity index (χ4n) is 2.22. The van der Waals surface area contributed by atoms with Gasteiger partial charge in [-0.25, -0.2) is 10.4 Å². The van der Waals surface area contributed by atoms with Gasteiger partial charge >= 0.3 is 0 Å². The number of oxazole rings is 1. The van der Waals surface area contributed by atoms with E-state index in [1.54, 1.807) is 31.2 Å². The summed E-state index contributed by atoms with van der Waals surface area (Å²) < 4.78 is 10.8. The molecule has 8 heteroatoms. The predicted octanol–water partition coefficient (Wildman–Crippen LogP) is 2.17. The normalized spacial score (nSPS) is 13.9. The smallest absolute Gasteiger partial charge is 0.293 e. The quantitative estimate of drug-likeness (QED) is 0.886. The predicted molar refractivity (Wildman–Crippen MR) is 90.4 cm³/mol. The van der Waals surface area contributed by atoms with E-state index >= 15 is 0 Å². The second-order valence-electron chi connectivity index (χ2n) is 5.89. The Kier molecular flexibility index (Phi) is 4.51. The summed E-state index contributed by atoms with van der Waals surface area (Å²) in [4.78, 5) is 27.6. The summed E-state index contributed by atoms with van der Waals surface area (Å²) in [5.41, 5.74) is 4.19. The fraction of sp³-hybridized carbons (Fsp3) is 0.294. The molecule has 2 aromatic rings. The Balaban J connectivity index is 1.71. The summed E-state index contributed by atoms with van der Waals surface area (Å²) in [5, 5.41) is 6.60. The van der Waals surface area contributed by atoms with Crippen LogP contribution in [0.3, 0.4) is 0 Å². The zero-order chi connectivity index (χ0) is 18.0. The van der Waals surface area contributed by atoms with Gasteiger partial charge in [0.05, 0.1) is 5.69 Å². The number of hydrogen-bond donors (Lipinski definition) is 2. The molecule has 1 aromatic carbocycles. The van der Waals surface area contributed by atoms with Gasteiger partial charge in [0.15, 0.2) is 12.5 Å². The molecule has 130 valence electrons. The van der Waals surface area contributed by atoms with Crippen LogP contribution in [0.25, 0.3) is 0 Å². The van der Waals surface area contributed by atoms with Crippen LogP contribution >= 0.6 is 0 Å². The first-order valence-corrected chi connectivity index (χ1v) is 7.82. The lowest BCUT2D eigenvalue weighted by molar-refractivity contribution is -0.124. The van der Waals surface area contributed by atoms with Gasteiger partial charge in [0.2, 0.25) is 11.7 Å². The average molecular weight is 342 g/mol. The lowest BCUT2D eigenvalue weighted by atomic mass is 10.2. The monoisotopic (exact) mass is 342 g/mol. The first-order chi connectivity index (χ1) is 11.9. The Morgan fingerprint density at radius 3 is 2.56 bits per heavy atom. The highest BCUT2D eigenvalue weighted by Crippen LogP contribution is 2.19. The molecule has 0 atom stereocenters. The summed E-state index contributed by atoms with van der Waals surface area (Å²) in [6.45, 7) is 5.56. The van der Waals surface area contributed by atoms with Crippen LogP contribution in [0.5, 0.6) is 0 Å². The van der Waals surface area contributed by atoms with Gasteiger partial charge in [-0.2, -0.15) is 0 Å².